The molecule has 0 aliphatic rings. The van der Waals surface area contributed by atoms with Crippen molar-refractivity contribution in [2.24, 2.45) is 5.92 Å². The van der Waals surface area contributed by atoms with Crippen LogP contribution in [-0.2, 0) is 17.1 Å². The zero-order chi connectivity index (χ0) is 20.1. The fourth-order valence-corrected chi connectivity index (χ4v) is 3.25. The van der Waals surface area contributed by atoms with Crippen molar-refractivity contribution in [2.75, 3.05) is 0 Å². The Kier molecular flexibility index (Phi) is 6.10. The molecule has 5 heteroatoms. The van der Waals surface area contributed by atoms with Gasteiger partial charge >= 0.3 is 5.97 Å². The third-order valence-corrected chi connectivity index (χ3v) is 4.91. The summed E-state index contributed by atoms with van der Waals surface area (Å²) in [5.74, 6) is -5.63. The van der Waals surface area contributed by atoms with E-state index < -0.39 is 24.2 Å². The number of hydrogen-bond acceptors (Lipinski definition) is 1. The summed E-state index contributed by atoms with van der Waals surface area (Å²) >= 11 is 5.87. The lowest BCUT2D eigenvalue weighted by Gasteiger charge is -2.21. The molecule has 3 rings (SSSR count). The molecule has 0 spiro atoms. The first-order chi connectivity index (χ1) is 13.3. The summed E-state index contributed by atoms with van der Waals surface area (Å²) in [7, 11) is 0. The maximum Gasteiger partial charge on any atom is 0.307 e. The summed E-state index contributed by atoms with van der Waals surface area (Å²) in [6, 6.07) is 21.9. The molecule has 0 fully saturated rings. The van der Waals surface area contributed by atoms with E-state index in [1.54, 1.807) is 54.6 Å². The molecule has 0 aliphatic carbocycles. The second-order valence-electron chi connectivity index (χ2n) is 6.72. The van der Waals surface area contributed by atoms with Gasteiger partial charge in [-0.1, -0.05) is 78.3 Å². The minimum absolute atomic E-state index is 0.0641. The van der Waals surface area contributed by atoms with E-state index in [0.29, 0.717) is 5.02 Å². The van der Waals surface area contributed by atoms with Gasteiger partial charge in [-0.15, -0.1) is 0 Å². The molecule has 0 saturated carbocycles. The molecule has 0 aromatic heterocycles. The number of alkyl halides is 2. The van der Waals surface area contributed by atoms with E-state index in [-0.39, 0.29) is 12.0 Å². The minimum atomic E-state index is -3.24. The summed E-state index contributed by atoms with van der Waals surface area (Å²) in [5.41, 5.74) is 2.19. The average Bonchev–Trinajstić information content (AvgIpc) is 2.69. The number of rotatable bonds is 7. The van der Waals surface area contributed by atoms with Crippen molar-refractivity contribution in [2.45, 2.75) is 18.8 Å². The van der Waals surface area contributed by atoms with Gasteiger partial charge in [0.15, 0.2) is 0 Å². The van der Waals surface area contributed by atoms with Gasteiger partial charge in [0.25, 0.3) is 5.92 Å². The Hall–Kier alpha value is -2.72. The van der Waals surface area contributed by atoms with Gasteiger partial charge in [-0.2, -0.15) is 0 Å². The molecule has 1 N–H and O–H groups in total. The Bertz CT molecular complexity index is 923. The minimum Gasteiger partial charge on any atom is -0.481 e. The number of hydrogen-bond donors (Lipinski definition) is 1. The molecule has 0 saturated heterocycles. The van der Waals surface area contributed by atoms with Crippen LogP contribution in [0.3, 0.4) is 0 Å². The predicted octanol–water partition coefficient (Wildman–Crippen LogP) is 6.43. The number of aliphatic carboxylic acids is 1. The highest BCUT2D eigenvalue weighted by Crippen LogP contribution is 2.37. The van der Waals surface area contributed by atoms with Crippen LogP contribution in [0.1, 0.15) is 17.5 Å². The number of benzene rings is 3. The predicted molar refractivity (Wildman–Crippen MR) is 107 cm³/mol. The van der Waals surface area contributed by atoms with Crippen LogP contribution in [-0.4, -0.2) is 11.1 Å². The fourth-order valence-electron chi connectivity index (χ4n) is 3.12. The van der Waals surface area contributed by atoms with E-state index >= 15 is 0 Å². The first kappa shape index (κ1) is 20.0. The molecule has 0 aliphatic heterocycles. The van der Waals surface area contributed by atoms with Crippen LogP contribution in [0.2, 0.25) is 5.02 Å². The van der Waals surface area contributed by atoms with Gasteiger partial charge in [-0.3, -0.25) is 4.79 Å². The second-order valence-corrected chi connectivity index (χ2v) is 7.15. The van der Waals surface area contributed by atoms with Crippen LogP contribution in [0, 0.1) is 5.92 Å². The van der Waals surface area contributed by atoms with Gasteiger partial charge in [0.1, 0.15) is 0 Å². The monoisotopic (exact) mass is 400 g/mol. The quantitative estimate of drug-likeness (QED) is 0.496. The van der Waals surface area contributed by atoms with E-state index in [0.717, 1.165) is 16.7 Å². The van der Waals surface area contributed by atoms with E-state index in [9.17, 15) is 18.7 Å². The highest BCUT2D eigenvalue weighted by atomic mass is 35.5. The lowest BCUT2D eigenvalue weighted by molar-refractivity contribution is -0.145. The van der Waals surface area contributed by atoms with Crippen molar-refractivity contribution >= 4 is 17.6 Å². The number of carbonyl (C=O) groups is 1. The third kappa shape index (κ3) is 4.96. The van der Waals surface area contributed by atoms with Gasteiger partial charge in [-0.05, 0) is 35.2 Å². The maximum absolute atomic E-state index is 14.8. The van der Waals surface area contributed by atoms with Crippen molar-refractivity contribution in [3.8, 4) is 11.1 Å². The van der Waals surface area contributed by atoms with E-state index in [1.165, 1.54) is 12.1 Å². The van der Waals surface area contributed by atoms with Crippen molar-refractivity contribution in [1.82, 2.24) is 0 Å². The van der Waals surface area contributed by atoms with Gasteiger partial charge in [0, 0.05) is 17.0 Å². The Balaban J connectivity index is 1.76. The summed E-state index contributed by atoms with van der Waals surface area (Å²) < 4.78 is 29.6. The summed E-state index contributed by atoms with van der Waals surface area (Å²) in [5, 5.41) is 10.0. The number of carboxylic acid groups (broad SMARTS) is 1. The van der Waals surface area contributed by atoms with Crippen molar-refractivity contribution in [3.63, 3.8) is 0 Å². The molecule has 0 amide bonds. The van der Waals surface area contributed by atoms with Crippen molar-refractivity contribution < 1.29 is 18.7 Å². The molecular weight excluding hydrogens is 382 g/mol. The molecule has 0 bridgehead atoms. The van der Waals surface area contributed by atoms with Crippen LogP contribution in [0.15, 0.2) is 78.9 Å². The summed E-state index contributed by atoms with van der Waals surface area (Å²) in [6.45, 7) is 0. The summed E-state index contributed by atoms with van der Waals surface area (Å²) in [4.78, 5) is 11.5. The van der Waals surface area contributed by atoms with E-state index in [4.69, 9.17) is 11.6 Å². The Morgan fingerprint density at radius 2 is 1.43 bits per heavy atom. The average molecular weight is 401 g/mol. The first-order valence-electron chi connectivity index (χ1n) is 8.86. The molecule has 3 aromatic carbocycles. The van der Waals surface area contributed by atoms with E-state index in [2.05, 4.69) is 0 Å². The second kappa shape index (κ2) is 8.53. The van der Waals surface area contributed by atoms with Gasteiger partial charge in [0.05, 0.1) is 5.92 Å². The molecule has 1 unspecified atom stereocenters. The van der Waals surface area contributed by atoms with Crippen LogP contribution in [0.4, 0.5) is 8.78 Å². The fraction of sp³-hybridized carbons (Fsp3) is 0.174. The van der Waals surface area contributed by atoms with Gasteiger partial charge < -0.3 is 5.11 Å². The largest absolute Gasteiger partial charge is 0.481 e. The van der Waals surface area contributed by atoms with Crippen molar-refractivity contribution in [1.29, 1.82) is 0 Å². The number of halogens is 3. The molecule has 1 atom stereocenters. The van der Waals surface area contributed by atoms with Gasteiger partial charge in [-0.25, -0.2) is 8.78 Å². The first-order valence-corrected chi connectivity index (χ1v) is 9.24. The van der Waals surface area contributed by atoms with Crippen LogP contribution >= 0.6 is 11.6 Å². The zero-order valence-electron chi connectivity index (χ0n) is 15.0. The molecule has 144 valence electrons. The topological polar surface area (TPSA) is 37.3 Å². The normalized spacial score (nSPS) is 12.5. The molecule has 0 heterocycles. The van der Waals surface area contributed by atoms with Crippen molar-refractivity contribution in [3.05, 3.63) is 95.0 Å². The maximum atomic E-state index is 14.8. The molecule has 28 heavy (non-hydrogen) atoms. The molecule has 3 aromatic rings. The number of carboxylic acids is 1. The SMILES string of the molecule is O=C(O)C(Cc1ccccc1)CC(F)(F)c1ccc(-c2ccc(Cl)cc2)cc1. The smallest absolute Gasteiger partial charge is 0.307 e. The Labute approximate surface area is 167 Å². The standard InChI is InChI=1S/C23H19ClF2O2/c24-21-12-8-18(9-13-21)17-6-10-20(11-7-17)23(25,26)15-19(22(27)28)14-16-4-2-1-3-5-16/h1-13,19H,14-15H2,(H,27,28). The molecular formula is C23H19ClF2O2. The zero-order valence-corrected chi connectivity index (χ0v) is 15.7. The Morgan fingerprint density at radius 1 is 0.893 bits per heavy atom. The lowest BCUT2D eigenvalue weighted by Crippen LogP contribution is -2.25. The van der Waals surface area contributed by atoms with Crippen LogP contribution in [0.25, 0.3) is 11.1 Å². The van der Waals surface area contributed by atoms with Gasteiger partial charge in [0.2, 0.25) is 0 Å². The molecule has 0 radical (unpaired) electrons. The third-order valence-electron chi connectivity index (χ3n) is 4.66. The highest BCUT2D eigenvalue weighted by Gasteiger charge is 2.37. The summed E-state index contributed by atoms with van der Waals surface area (Å²) in [6.07, 6.45) is -0.688. The lowest BCUT2D eigenvalue weighted by atomic mass is 9.90. The highest BCUT2D eigenvalue weighted by molar-refractivity contribution is 6.30. The van der Waals surface area contributed by atoms with Crippen LogP contribution in [0.5, 0.6) is 0 Å². The van der Waals surface area contributed by atoms with E-state index in [1.807, 2.05) is 12.1 Å². The van der Waals surface area contributed by atoms with Crippen LogP contribution < -0.4 is 0 Å². The Morgan fingerprint density at radius 3 is 1.96 bits per heavy atom. The molecule has 2 nitrogen and oxygen atoms in total.